The fourth-order valence-electron chi connectivity index (χ4n) is 2.38. The fourth-order valence-corrected chi connectivity index (χ4v) is 2.63. The van der Waals surface area contributed by atoms with Gasteiger partial charge in [-0.25, -0.2) is 4.98 Å². The molecule has 1 atom stereocenters. The summed E-state index contributed by atoms with van der Waals surface area (Å²) in [5.74, 6) is 0.254. The summed E-state index contributed by atoms with van der Waals surface area (Å²) in [4.78, 5) is 11.3. The largest absolute Gasteiger partial charge is 0.394 e. The van der Waals surface area contributed by atoms with Gasteiger partial charge >= 0.3 is 0 Å². The van der Waals surface area contributed by atoms with Crippen LogP contribution >= 0.6 is 12.2 Å². The zero-order valence-corrected chi connectivity index (χ0v) is 10.4. The molecular weight excluding hydrogens is 250 g/mol. The first-order valence-electron chi connectivity index (χ1n) is 5.68. The zero-order chi connectivity index (χ0) is 12.8. The number of nitrogens with one attached hydrogen (secondary N) is 1. The maximum absolute atomic E-state index is 9.69. The van der Waals surface area contributed by atoms with E-state index in [4.69, 9.17) is 18.0 Å². The number of aromatic amines is 1. The molecule has 0 spiro atoms. The molecule has 0 bridgehead atoms. The van der Waals surface area contributed by atoms with Crippen molar-refractivity contribution in [2.24, 2.45) is 0 Å². The maximum Gasteiger partial charge on any atom is 0.200 e. The summed E-state index contributed by atoms with van der Waals surface area (Å²) < 4.78 is 2.32. The van der Waals surface area contributed by atoms with Crippen LogP contribution in [0.5, 0.6) is 0 Å². The lowest BCUT2D eigenvalue weighted by Gasteiger charge is -2.26. The van der Waals surface area contributed by atoms with Crippen LogP contribution in [0.3, 0.4) is 0 Å². The second-order valence-corrected chi connectivity index (χ2v) is 4.85. The molecule has 0 amide bonds. The van der Waals surface area contributed by atoms with Crippen LogP contribution in [0.1, 0.15) is 12.8 Å². The Bertz CT molecular complexity index is 688. The molecule has 3 rings (SSSR count). The molecule has 2 heterocycles. The van der Waals surface area contributed by atoms with Crippen molar-refractivity contribution in [3.05, 3.63) is 23.1 Å². The number of nitrogen functional groups attached to an aromatic ring is 1. The third kappa shape index (κ3) is 1.48. The Labute approximate surface area is 108 Å². The van der Waals surface area contributed by atoms with Gasteiger partial charge in [-0.2, -0.15) is 4.98 Å². The van der Waals surface area contributed by atoms with Crippen LogP contribution < -0.4 is 5.73 Å². The van der Waals surface area contributed by atoms with E-state index in [0.29, 0.717) is 15.8 Å². The number of aliphatic hydroxyl groups excluding tert-OH is 1. The van der Waals surface area contributed by atoms with Crippen molar-refractivity contribution in [3.63, 3.8) is 0 Å². The van der Waals surface area contributed by atoms with Gasteiger partial charge in [-0.1, -0.05) is 24.4 Å². The molecule has 1 aliphatic carbocycles. The number of aliphatic hydroxyl groups is 1. The highest BCUT2D eigenvalue weighted by atomic mass is 32.1. The van der Waals surface area contributed by atoms with Gasteiger partial charge in [-0.15, -0.1) is 0 Å². The molecule has 18 heavy (non-hydrogen) atoms. The fraction of sp³-hybridized carbons (Fsp3) is 0.364. The average Bonchev–Trinajstić information content (AvgIpc) is 2.95. The van der Waals surface area contributed by atoms with Crippen molar-refractivity contribution in [3.8, 4) is 0 Å². The van der Waals surface area contributed by atoms with Crippen molar-refractivity contribution in [2.75, 3.05) is 12.3 Å². The topological polar surface area (TPSA) is 92.8 Å². The van der Waals surface area contributed by atoms with Crippen LogP contribution in [0.4, 0.5) is 5.95 Å². The van der Waals surface area contributed by atoms with E-state index >= 15 is 0 Å². The highest BCUT2D eigenvalue weighted by Gasteiger charge is 2.33. The normalized spacial score (nSPS) is 22.9. The second-order valence-electron chi connectivity index (χ2n) is 4.44. The number of H-pyrrole nitrogens is 1. The summed E-state index contributed by atoms with van der Waals surface area (Å²) in [5.41, 5.74) is 6.42. The molecule has 0 saturated heterocycles. The molecule has 1 aliphatic rings. The zero-order valence-electron chi connectivity index (χ0n) is 9.63. The molecule has 0 aromatic carbocycles. The number of nitrogens with two attached hydrogens (primary N) is 1. The first-order chi connectivity index (χ1) is 8.66. The van der Waals surface area contributed by atoms with Gasteiger partial charge in [-0.3, -0.25) is 0 Å². The maximum atomic E-state index is 9.69. The predicted octanol–water partition coefficient (Wildman–Crippen LogP) is 1.11. The third-order valence-electron chi connectivity index (χ3n) is 3.35. The lowest BCUT2D eigenvalue weighted by Crippen LogP contribution is -2.33. The number of imidazole rings is 1. The van der Waals surface area contributed by atoms with E-state index in [1.807, 2.05) is 10.6 Å². The van der Waals surface area contributed by atoms with E-state index in [-0.39, 0.29) is 12.6 Å². The minimum atomic E-state index is -0.475. The van der Waals surface area contributed by atoms with Gasteiger partial charge in [-0.05, 0) is 12.8 Å². The minimum Gasteiger partial charge on any atom is -0.394 e. The Morgan fingerprint density at radius 1 is 1.61 bits per heavy atom. The summed E-state index contributed by atoms with van der Waals surface area (Å²) in [5, 5.41) is 9.69. The van der Waals surface area contributed by atoms with Crippen molar-refractivity contribution < 1.29 is 5.11 Å². The van der Waals surface area contributed by atoms with Crippen LogP contribution in [0.15, 0.2) is 18.5 Å². The first-order valence-corrected chi connectivity index (χ1v) is 6.09. The number of hydrogen-bond acceptors (Lipinski definition) is 5. The molecule has 2 aromatic rings. The molecule has 94 valence electrons. The number of anilines is 1. The van der Waals surface area contributed by atoms with E-state index in [2.05, 4.69) is 21.0 Å². The minimum absolute atomic E-state index is 0.00190. The summed E-state index contributed by atoms with van der Waals surface area (Å²) in [6, 6.07) is 0. The lowest BCUT2D eigenvalue weighted by molar-refractivity contribution is 0.174. The second kappa shape index (κ2) is 3.89. The smallest absolute Gasteiger partial charge is 0.200 e. The van der Waals surface area contributed by atoms with Gasteiger partial charge in [0.15, 0.2) is 5.65 Å². The Morgan fingerprint density at radius 3 is 3.11 bits per heavy atom. The van der Waals surface area contributed by atoms with Gasteiger partial charge < -0.3 is 20.4 Å². The standard InChI is InChI=1S/C11H13N5OS/c12-10-14-8-7(9(18)15-10)13-6-16(8)11(5-17)3-1-2-4-11/h1,3,6,17H,2,4-5H2,(H3,12,14,15,18). The van der Waals surface area contributed by atoms with Crippen LogP contribution in [0.25, 0.3) is 11.2 Å². The summed E-state index contributed by atoms with van der Waals surface area (Å²) in [7, 11) is 0. The molecule has 0 fully saturated rings. The SMILES string of the molecule is Nc1nc2c(ncn2C2(CO)C=CCC2)c(=S)[nH]1. The van der Waals surface area contributed by atoms with Crippen molar-refractivity contribution in [1.29, 1.82) is 0 Å². The van der Waals surface area contributed by atoms with Gasteiger partial charge in [0.2, 0.25) is 5.95 Å². The quantitative estimate of drug-likeness (QED) is 0.557. The van der Waals surface area contributed by atoms with Crippen molar-refractivity contribution in [2.45, 2.75) is 18.4 Å². The molecule has 4 N–H and O–H groups in total. The molecule has 0 aliphatic heterocycles. The number of allylic oxidation sites excluding steroid dienone is 1. The number of fused-ring (bicyclic) bond motifs is 1. The van der Waals surface area contributed by atoms with Crippen LogP contribution in [0.2, 0.25) is 0 Å². The van der Waals surface area contributed by atoms with E-state index in [0.717, 1.165) is 12.8 Å². The van der Waals surface area contributed by atoms with E-state index in [9.17, 15) is 5.11 Å². The summed E-state index contributed by atoms with van der Waals surface area (Å²) in [6.45, 7) is 0.00190. The Balaban J connectivity index is 2.30. The van der Waals surface area contributed by atoms with Crippen molar-refractivity contribution in [1.82, 2.24) is 19.5 Å². The number of rotatable bonds is 2. The van der Waals surface area contributed by atoms with Crippen LogP contribution in [-0.2, 0) is 5.54 Å². The average molecular weight is 263 g/mol. The molecule has 7 heteroatoms. The number of nitrogens with zero attached hydrogens (tertiary/aromatic N) is 3. The molecular formula is C11H13N5OS. The molecule has 2 aromatic heterocycles. The van der Waals surface area contributed by atoms with Crippen molar-refractivity contribution >= 4 is 29.3 Å². The monoisotopic (exact) mass is 263 g/mol. The summed E-state index contributed by atoms with van der Waals surface area (Å²) in [6.07, 6.45) is 7.45. The molecule has 6 nitrogen and oxygen atoms in total. The van der Waals surface area contributed by atoms with Gasteiger partial charge in [0.1, 0.15) is 10.2 Å². The highest BCUT2D eigenvalue weighted by molar-refractivity contribution is 7.71. The first kappa shape index (κ1) is 11.4. The lowest BCUT2D eigenvalue weighted by atomic mass is 10.0. The third-order valence-corrected chi connectivity index (χ3v) is 3.65. The van der Waals surface area contributed by atoms with E-state index < -0.39 is 5.54 Å². The van der Waals surface area contributed by atoms with Crippen LogP contribution in [-0.4, -0.2) is 31.2 Å². The Morgan fingerprint density at radius 2 is 2.44 bits per heavy atom. The summed E-state index contributed by atoms with van der Waals surface area (Å²) >= 11 is 5.17. The van der Waals surface area contributed by atoms with Gasteiger partial charge in [0, 0.05) is 0 Å². The number of aromatic nitrogens is 4. The molecule has 0 radical (unpaired) electrons. The Hall–Kier alpha value is -1.73. The van der Waals surface area contributed by atoms with E-state index in [1.165, 1.54) is 0 Å². The van der Waals surface area contributed by atoms with Crippen LogP contribution in [0, 0.1) is 4.64 Å². The van der Waals surface area contributed by atoms with Gasteiger partial charge in [0.25, 0.3) is 0 Å². The predicted molar refractivity (Wildman–Crippen MR) is 70.6 cm³/mol. The molecule has 0 saturated carbocycles. The number of hydrogen-bond donors (Lipinski definition) is 3. The van der Waals surface area contributed by atoms with Gasteiger partial charge in [0.05, 0.1) is 18.5 Å². The van der Waals surface area contributed by atoms with E-state index in [1.54, 1.807) is 6.33 Å². The Kier molecular flexibility index (Phi) is 2.46. The molecule has 1 unspecified atom stereocenters. The highest BCUT2D eigenvalue weighted by Crippen LogP contribution is 2.32.